The Balaban J connectivity index is 1.48. The summed E-state index contributed by atoms with van der Waals surface area (Å²) in [6, 6.07) is 2.23. The maximum atomic E-state index is 12.1. The highest BCUT2D eigenvalue weighted by Gasteiger charge is 2.58. The molecule has 4 aliphatic rings. The smallest absolute Gasteiger partial charge is 0.302 e. The number of esters is 1. The number of hydrogen-bond acceptors (Lipinski definition) is 5. The third-order valence-corrected chi connectivity index (χ3v) is 9.20. The molecule has 1 aromatic rings. The number of hydrogen-bond donors (Lipinski definition) is 0. The number of aldehydes is 1. The number of carbonyl (C=O) groups excluding carboxylic acids is 2. The van der Waals surface area contributed by atoms with Crippen molar-refractivity contribution in [1.29, 1.82) is 5.26 Å². The number of imidazole rings is 1. The van der Waals surface area contributed by atoms with Crippen molar-refractivity contribution in [1.82, 2.24) is 9.55 Å². The molecule has 2 saturated carbocycles. The first-order chi connectivity index (χ1) is 15.3. The molecule has 6 atom stereocenters. The summed E-state index contributed by atoms with van der Waals surface area (Å²) in [5.74, 6) is 1.27. The van der Waals surface area contributed by atoms with E-state index in [1.54, 1.807) is 12.5 Å². The average molecular weight is 434 g/mol. The zero-order valence-corrected chi connectivity index (χ0v) is 19.1. The van der Waals surface area contributed by atoms with Crippen molar-refractivity contribution in [3.8, 4) is 6.07 Å². The predicted molar refractivity (Wildman–Crippen MR) is 119 cm³/mol. The minimum atomic E-state index is -0.191. The minimum absolute atomic E-state index is 0.00397. The van der Waals surface area contributed by atoms with Crippen LogP contribution in [0.3, 0.4) is 0 Å². The van der Waals surface area contributed by atoms with E-state index in [1.807, 2.05) is 4.57 Å². The maximum absolute atomic E-state index is 12.1. The number of aromatic nitrogens is 2. The Kier molecular flexibility index (Phi) is 4.92. The summed E-state index contributed by atoms with van der Waals surface area (Å²) in [6.07, 6.45) is 13.4. The molecule has 0 aromatic carbocycles. The van der Waals surface area contributed by atoms with E-state index in [0.29, 0.717) is 23.4 Å². The molecule has 0 amide bonds. The van der Waals surface area contributed by atoms with Crippen LogP contribution in [0.15, 0.2) is 29.7 Å². The van der Waals surface area contributed by atoms with Crippen molar-refractivity contribution >= 4 is 18.0 Å². The first-order valence-corrected chi connectivity index (χ1v) is 11.8. The van der Waals surface area contributed by atoms with Gasteiger partial charge in [-0.2, -0.15) is 5.26 Å². The third kappa shape index (κ3) is 2.93. The van der Waals surface area contributed by atoms with Crippen molar-refractivity contribution in [3.05, 3.63) is 35.4 Å². The van der Waals surface area contributed by atoms with E-state index >= 15 is 0 Å². The largest absolute Gasteiger partial charge is 0.462 e. The lowest BCUT2D eigenvalue weighted by molar-refractivity contribution is -0.148. The van der Waals surface area contributed by atoms with Crippen molar-refractivity contribution in [2.75, 3.05) is 0 Å². The fourth-order valence-electron chi connectivity index (χ4n) is 7.74. The number of nitriles is 1. The zero-order chi connectivity index (χ0) is 22.7. The fourth-order valence-corrected chi connectivity index (χ4v) is 7.74. The molecular formula is C26H31N3O3. The van der Waals surface area contributed by atoms with Gasteiger partial charge in [0.1, 0.15) is 24.2 Å². The minimum Gasteiger partial charge on any atom is -0.462 e. The molecule has 0 spiro atoms. The molecule has 168 valence electrons. The number of nitrogens with zero attached hydrogens (tertiary/aromatic N) is 3. The molecule has 4 aliphatic carbocycles. The summed E-state index contributed by atoms with van der Waals surface area (Å²) < 4.78 is 7.41. The van der Waals surface area contributed by atoms with Gasteiger partial charge < -0.3 is 4.74 Å². The van der Waals surface area contributed by atoms with Crippen LogP contribution in [0.1, 0.15) is 71.4 Å². The predicted octanol–water partition coefficient (Wildman–Crippen LogP) is 4.67. The van der Waals surface area contributed by atoms with Gasteiger partial charge in [0.05, 0.1) is 12.5 Å². The summed E-state index contributed by atoms with van der Waals surface area (Å²) in [6.45, 7) is 6.20. The number of fused-ring (bicyclic) bond motifs is 5. The number of allylic oxidation sites excluding steroid dienone is 3. The van der Waals surface area contributed by atoms with E-state index in [0.717, 1.165) is 62.5 Å². The van der Waals surface area contributed by atoms with Gasteiger partial charge in [0, 0.05) is 30.0 Å². The van der Waals surface area contributed by atoms with Gasteiger partial charge in [-0.25, -0.2) is 4.98 Å². The number of rotatable bonds is 3. The quantitative estimate of drug-likeness (QED) is 0.393. The molecule has 6 nitrogen and oxygen atoms in total. The van der Waals surface area contributed by atoms with Crippen LogP contribution < -0.4 is 0 Å². The van der Waals surface area contributed by atoms with Gasteiger partial charge in [-0.15, -0.1) is 0 Å². The molecule has 5 rings (SSSR count). The van der Waals surface area contributed by atoms with E-state index in [2.05, 4.69) is 31.0 Å². The van der Waals surface area contributed by atoms with E-state index in [-0.39, 0.29) is 22.9 Å². The molecule has 0 bridgehead atoms. The van der Waals surface area contributed by atoms with Crippen LogP contribution in [0.2, 0.25) is 0 Å². The zero-order valence-electron chi connectivity index (χ0n) is 19.1. The van der Waals surface area contributed by atoms with Gasteiger partial charge in [-0.3, -0.25) is 14.2 Å². The summed E-state index contributed by atoms with van der Waals surface area (Å²) >= 11 is 0. The maximum Gasteiger partial charge on any atom is 0.302 e. The Hall–Kier alpha value is -2.68. The number of carbonyl (C=O) groups is 2. The summed E-state index contributed by atoms with van der Waals surface area (Å²) in [5.41, 5.74) is 3.76. The Labute approximate surface area is 189 Å². The van der Waals surface area contributed by atoms with E-state index in [4.69, 9.17) is 4.74 Å². The molecule has 6 heteroatoms. The first kappa shape index (κ1) is 21.2. The highest BCUT2D eigenvalue weighted by atomic mass is 16.5. The van der Waals surface area contributed by atoms with Crippen molar-refractivity contribution in [2.45, 2.75) is 71.8 Å². The van der Waals surface area contributed by atoms with Gasteiger partial charge in [-0.05, 0) is 61.7 Å². The topological polar surface area (TPSA) is 85.0 Å². The first-order valence-electron chi connectivity index (χ1n) is 11.8. The normalized spacial score (nSPS) is 38.1. The van der Waals surface area contributed by atoms with Crippen LogP contribution in [0, 0.1) is 39.9 Å². The monoisotopic (exact) mass is 433 g/mol. The van der Waals surface area contributed by atoms with E-state index in [9.17, 15) is 14.9 Å². The summed E-state index contributed by atoms with van der Waals surface area (Å²) in [7, 11) is 0. The second-order valence-corrected chi connectivity index (χ2v) is 10.6. The van der Waals surface area contributed by atoms with Gasteiger partial charge in [-0.1, -0.05) is 25.5 Å². The van der Waals surface area contributed by atoms with Gasteiger partial charge in [0.2, 0.25) is 0 Å². The average Bonchev–Trinajstić information content (AvgIpc) is 3.34. The molecule has 2 fully saturated rings. The van der Waals surface area contributed by atoms with Crippen molar-refractivity contribution in [2.24, 2.45) is 28.6 Å². The Morgan fingerprint density at radius 1 is 1.25 bits per heavy atom. The van der Waals surface area contributed by atoms with Crippen molar-refractivity contribution < 1.29 is 14.3 Å². The van der Waals surface area contributed by atoms with Crippen LogP contribution in [0.25, 0.3) is 5.70 Å². The molecule has 1 aromatic heterocycles. The fraction of sp³-hybridized carbons (Fsp3) is 0.615. The molecule has 0 radical (unpaired) electrons. The molecule has 32 heavy (non-hydrogen) atoms. The van der Waals surface area contributed by atoms with Crippen LogP contribution in [-0.2, 0) is 14.3 Å². The van der Waals surface area contributed by atoms with Crippen LogP contribution in [0.5, 0.6) is 0 Å². The number of ether oxygens (including phenoxy) is 1. The van der Waals surface area contributed by atoms with Crippen LogP contribution in [0.4, 0.5) is 0 Å². The molecule has 0 unspecified atom stereocenters. The van der Waals surface area contributed by atoms with Gasteiger partial charge in [0.15, 0.2) is 0 Å². The highest BCUT2D eigenvalue weighted by Crippen LogP contribution is 2.66. The third-order valence-electron chi connectivity index (χ3n) is 9.20. The lowest BCUT2D eigenvalue weighted by atomic mass is 9.47. The lowest BCUT2D eigenvalue weighted by Gasteiger charge is -2.57. The Morgan fingerprint density at radius 3 is 2.75 bits per heavy atom. The highest BCUT2D eigenvalue weighted by molar-refractivity contribution is 5.87. The van der Waals surface area contributed by atoms with Crippen molar-refractivity contribution in [3.63, 3.8) is 0 Å². The SMILES string of the molecule is CC(=O)O[C@H]1CC[C@@]2(C)C(=CC[C@@H]3[C@@H]2CC[C@]2(C)C(n4cncc4C#N)=C(C=O)C[C@@H]32)C1. The molecule has 1 heterocycles. The van der Waals surface area contributed by atoms with Crippen LogP contribution >= 0.6 is 0 Å². The van der Waals surface area contributed by atoms with Gasteiger partial charge >= 0.3 is 5.97 Å². The second-order valence-electron chi connectivity index (χ2n) is 10.6. The van der Waals surface area contributed by atoms with E-state index in [1.165, 1.54) is 12.5 Å². The molecule has 0 saturated heterocycles. The summed E-state index contributed by atoms with van der Waals surface area (Å²) in [4.78, 5) is 27.8. The molecule has 0 aliphatic heterocycles. The molecule has 0 N–H and O–H groups in total. The van der Waals surface area contributed by atoms with Crippen LogP contribution in [-0.4, -0.2) is 27.9 Å². The summed E-state index contributed by atoms with van der Waals surface area (Å²) in [5, 5.41) is 9.57. The lowest BCUT2D eigenvalue weighted by Crippen LogP contribution is -2.50. The molecular weight excluding hydrogens is 402 g/mol. The van der Waals surface area contributed by atoms with Gasteiger partial charge in [0.25, 0.3) is 0 Å². The second kappa shape index (κ2) is 7.43. The van der Waals surface area contributed by atoms with E-state index < -0.39 is 0 Å². The Bertz CT molecular complexity index is 1080. The standard InChI is InChI=1S/C26H31N3O3/c1-16(31)32-20-6-8-25(2)18(11-20)4-5-21-22(25)7-9-26(3)23(21)10-17(14-30)24(26)29-15-28-13-19(29)12-27/h4,13-15,20-23H,5-11H2,1-3H3/t20-,21+,22-,23-,25-,26-/m0/s1. The Morgan fingerprint density at radius 2 is 2.03 bits per heavy atom.